The Morgan fingerprint density at radius 1 is 0.895 bits per heavy atom. The molecule has 0 aliphatic carbocycles. The molecule has 0 saturated heterocycles. The molecule has 4 nitrogen and oxygen atoms in total. The van der Waals surface area contributed by atoms with E-state index in [4.69, 9.17) is 0 Å². The summed E-state index contributed by atoms with van der Waals surface area (Å²) in [6.45, 7) is 6.15. The summed E-state index contributed by atoms with van der Waals surface area (Å²) in [6, 6.07) is 33.5. The number of aromatic nitrogens is 1. The second kappa shape index (κ2) is 12.3. The molecule has 4 aromatic rings. The average molecular weight is 611 g/mol. The highest BCUT2D eigenvalue weighted by atomic mass is 127. The van der Waals surface area contributed by atoms with E-state index in [9.17, 15) is 10.5 Å². The summed E-state index contributed by atoms with van der Waals surface area (Å²) in [5.41, 5.74) is 5.51. The summed E-state index contributed by atoms with van der Waals surface area (Å²) in [7, 11) is 0. The molecule has 0 aliphatic rings. The first-order chi connectivity index (χ1) is 18.3. The number of hydrogen-bond donors (Lipinski definition) is 1. The molecule has 1 unspecified atom stereocenters. The van der Waals surface area contributed by atoms with Gasteiger partial charge in [-0.05, 0) is 114 Å². The van der Waals surface area contributed by atoms with E-state index in [2.05, 4.69) is 100 Å². The van der Waals surface area contributed by atoms with Crippen LogP contribution in [0, 0.1) is 31.6 Å². The lowest BCUT2D eigenvalue weighted by atomic mass is 9.79. The van der Waals surface area contributed by atoms with E-state index in [1.54, 1.807) is 6.20 Å². The molecule has 0 bridgehead atoms. The zero-order chi connectivity index (χ0) is 27.1. The van der Waals surface area contributed by atoms with Crippen molar-refractivity contribution in [2.75, 3.05) is 0 Å². The molecule has 1 heterocycles. The summed E-state index contributed by atoms with van der Waals surface area (Å²) in [5.74, 6) is 0.0989. The summed E-state index contributed by atoms with van der Waals surface area (Å²) in [4.78, 5) is 4.27. The van der Waals surface area contributed by atoms with E-state index in [0.29, 0.717) is 5.56 Å². The van der Waals surface area contributed by atoms with Gasteiger partial charge < -0.3 is 5.32 Å². The van der Waals surface area contributed by atoms with E-state index in [1.807, 2.05) is 56.4 Å². The maximum Gasteiger partial charge on any atom is 0.0991 e. The predicted molar refractivity (Wildman–Crippen MR) is 161 cm³/mol. The number of halogens is 1. The second-order valence-corrected chi connectivity index (χ2v) is 11.5. The monoisotopic (exact) mass is 610 g/mol. The lowest BCUT2D eigenvalue weighted by molar-refractivity contribution is 0.281. The third-order valence-electron chi connectivity index (χ3n) is 7.07. The zero-order valence-electron chi connectivity index (χ0n) is 21.9. The molecule has 0 fully saturated rings. The van der Waals surface area contributed by atoms with Gasteiger partial charge in [0.25, 0.3) is 0 Å². The van der Waals surface area contributed by atoms with Gasteiger partial charge in [-0.2, -0.15) is 10.5 Å². The first-order valence-corrected chi connectivity index (χ1v) is 13.8. The van der Waals surface area contributed by atoms with Gasteiger partial charge in [-0.25, -0.2) is 0 Å². The van der Waals surface area contributed by atoms with Crippen molar-refractivity contribution < 1.29 is 0 Å². The maximum atomic E-state index is 10.2. The Hall–Kier alpha value is -3.52. The van der Waals surface area contributed by atoms with E-state index < -0.39 is 5.41 Å². The van der Waals surface area contributed by atoms with Crippen LogP contribution in [0.25, 0.3) is 11.1 Å². The standard InChI is InChI=1S/C33H31IN4/c1-23(31(18-24-12-14-30(34)15-13-24)27-9-4-7-25(17-27)20-35)38-32(33(2,3)22-36)28-10-5-8-26(19-28)29-11-6-16-37-21-29/h4-17,19,21,23,31-32,38H,18H2,1-3H3/t23-,31+,32?/m0/s1. The molecule has 0 spiro atoms. The summed E-state index contributed by atoms with van der Waals surface area (Å²) in [6.07, 6.45) is 4.45. The van der Waals surface area contributed by atoms with E-state index >= 15 is 0 Å². The minimum atomic E-state index is -0.663. The van der Waals surface area contributed by atoms with Crippen LogP contribution < -0.4 is 5.32 Å². The fraction of sp³-hybridized carbons (Fsp3) is 0.242. The van der Waals surface area contributed by atoms with Gasteiger partial charge in [0.05, 0.1) is 29.2 Å². The van der Waals surface area contributed by atoms with Crippen molar-refractivity contribution in [3.05, 3.63) is 123 Å². The van der Waals surface area contributed by atoms with Gasteiger partial charge in [0.15, 0.2) is 0 Å². The van der Waals surface area contributed by atoms with Gasteiger partial charge in [0.2, 0.25) is 0 Å². The Kier molecular flexibility index (Phi) is 8.94. The number of rotatable bonds is 9. The van der Waals surface area contributed by atoms with Crippen LogP contribution in [0.1, 0.15) is 55.0 Å². The molecule has 0 aliphatic heterocycles. The molecular weight excluding hydrogens is 579 g/mol. The SMILES string of the molecule is C[C@H](NC(c1cccc(-c2cccnc2)c1)C(C)(C)C#N)[C@@H](Cc1ccc(I)cc1)c1cccc(C#N)c1. The summed E-state index contributed by atoms with van der Waals surface area (Å²) >= 11 is 2.32. The normalized spacial score (nSPS) is 13.6. The summed E-state index contributed by atoms with van der Waals surface area (Å²) < 4.78 is 1.20. The molecule has 3 aromatic carbocycles. The molecule has 0 radical (unpaired) electrons. The maximum absolute atomic E-state index is 10.2. The van der Waals surface area contributed by atoms with Crippen molar-refractivity contribution in [2.24, 2.45) is 5.41 Å². The van der Waals surface area contributed by atoms with Crippen LogP contribution in [-0.2, 0) is 6.42 Å². The third-order valence-corrected chi connectivity index (χ3v) is 7.79. The highest BCUT2D eigenvalue weighted by Gasteiger charge is 2.34. The minimum absolute atomic E-state index is 0.0166. The van der Waals surface area contributed by atoms with Crippen LogP contribution in [0.2, 0.25) is 0 Å². The quantitative estimate of drug-likeness (QED) is 0.196. The molecule has 3 atom stereocenters. The van der Waals surface area contributed by atoms with E-state index in [-0.39, 0.29) is 18.0 Å². The van der Waals surface area contributed by atoms with Crippen LogP contribution in [0.5, 0.6) is 0 Å². The van der Waals surface area contributed by atoms with Gasteiger partial charge in [0.1, 0.15) is 0 Å². The van der Waals surface area contributed by atoms with Gasteiger partial charge in [-0.1, -0.05) is 48.5 Å². The Balaban J connectivity index is 1.71. The van der Waals surface area contributed by atoms with Crippen molar-refractivity contribution in [3.8, 4) is 23.3 Å². The van der Waals surface area contributed by atoms with Crippen molar-refractivity contribution in [3.63, 3.8) is 0 Å². The molecule has 0 saturated carbocycles. The average Bonchev–Trinajstić information content (AvgIpc) is 2.96. The highest BCUT2D eigenvalue weighted by molar-refractivity contribution is 14.1. The first kappa shape index (κ1) is 27.5. The first-order valence-electron chi connectivity index (χ1n) is 12.7. The number of nitriles is 2. The molecular formula is C33H31IN4. The molecule has 1 N–H and O–H groups in total. The number of nitrogens with zero attached hydrogens (tertiary/aromatic N) is 3. The third kappa shape index (κ3) is 6.67. The second-order valence-electron chi connectivity index (χ2n) is 10.3. The van der Waals surface area contributed by atoms with Crippen LogP contribution in [0.3, 0.4) is 0 Å². The lowest BCUT2D eigenvalue weighted by Crippen LogP contribution is -2.42. The molecule has 190 valence electrons. The Morgan fingerprint density at radius 3 is 2.29 bits per heavy atom. The van der Waals surface area contributed by atoms with Crippen LogP contribution in [-0.4, -0.2) is 11.0 Å². The van der Waals surface area contributed by atoms with Gasteiger partial charge in [-0.3, -0.25) is 4.98 Å². The van der Waals surface area contributed by atoms with E-state index in [1.165, 1.54) is 9.13 Å². The van der Waals surface area contributed by atoms with Crippen LogP contribution in [0.4, 0.5) is 0 Å². The van der Waals surface area contributed by atoms with Gasteiger partial charge in [0, 0.05) is 27.9 Å². The molecule has 1 aromatic heterocycles. The molecule has 38 heavy (non-hydrogen) atoms. The molecule has 4 rings (SSSR count). The number of hydrogen-bond acceptors (Lipinski definition) is 4. The summed E-state index contributed by atoms with van der Waals surface area (Å²) in [5, 5.41) is 23.6. The smallest absolute Gasteiger partial charge is 0.0991 e. The van der Waals surface area contributed by atoms with E-state index in [0.717, 1.165) is 28.7 Å². The van der Waals surface area contributed by atoms with Crippen LogP contribution >= 0.6 is 22.6 Å². The lowest BCUT2D eigenvalue weighted by Gasteiger charge is -2.36. The largest absolute Gasteiger partial charge is 0.305 e. The van der Waals surface area contributed by atoms with Crippen molar-refractivity contribution in [1.29, 1.82) is 10.5 Å². The topological polar surface area (TPSA) is 72.5 Å². The number of nitrogens with one attached hydrogen (secondary N) is 1. The highest BCUT2D eigenvalue weighted by Crippen LogP contribution is 2.37. The Morgan fingerprint density at radius 2 is 1.61 bits per heavy atom. The zero-order valence-corrected chi connectivity index (χ0v) is 24.1. The van der Waals surface area contributed by atoms with Gasteiger partial charge >= 0.3 is 0 Å². The van der Waals surface area contributed by atoms with Crippen molar-refractivity contribution in [1.82, 2.24) is 10.3 Å². The Bertz CT molecular complexity index is 1450. The molecule has 5 heteroatoms. The minimum Gasteiger partial charge on any atom is -0.305 e. The fourth-order valence-corrected chi connectivity index (χ4v) is 5.25. The van der Waals surface area contributed by atoms with Gasteiger partial charge in [-0.15, -0.1) is 0 Å². The van der Waals surface area contributed by atoms with Crippen molar-refractivity contribution in [2.45, 2.75) is 45.2 Å². The predicted octanol–water partition coefficient (Wildman–Crippen LogP) is 7.82. The van der Waals surface area contributed by atoms with Crippen molar-refractivity contribution >= 4 is 22.6 Å². The molecule has 0 amide bonds. The van der Waals surface area contributed by atoms with Crippen LogP contribution in [0.15, 0.2) is 97.3 Å². The number of benzene rings is 3. The fourth-order valence-electron chi connectivity index (χ4n) is 4.89. The Labute approximate surface area is 239 Å². The number of pyridine rings is 1.